The molecule has 1 heterocycles. The number of hydrogen-bond donors (Lipinski definition) is 3. The summed E-state index contributed by atoms with van der Waals surface area (Å²) in [6.07, 6.45) is 3.24. The van der Waals surface area contributed by atoms with Gasteiger partial charge < -0.3 is 10.6 Å². The molecular formula is C17H15FN4O3S. The molecule has 0 radical (unpaired) electrons. The lowest BCUT2D eigenvalue weighted by Crippen LogP contribution is -2.28. The number of anilines is 1. The zero-order chi connectivity index (χ0) is 18.6. The molecule has 0 aliphatic carbocycles. The molecule has 2 amide bonds. The van der Waals surface area contributed by atoms with Crippen LogP contribution in [-0.2, 0) is 16.4 Å². The Kier molecular flexibility index (Phi) is 4.99. The van der Waals surface area contributed by atoms with E-state index in [0.29, 0.717) is 12.2 Å². The average Bonchev–Trinajstić information content (AvgIpc) is 3.14. The van der Waals surface area contributed by atoms with Crippen molar-refractivity contribution in [2.24, 2.45) is 0 Å². The van der Waals surface area contributed by atoms with Crippen molar-refractivity contribution in [3.63, 3.8) is 0 Å². The molecule has 26 heavy (non-hydrogen) atoms. The van der Waals surface area contributed by atoms with Crippen molar-refractivity contribution in [2.75, 3.05) is 5.32 Å². The lowest BCUT2D eigenvalue weighted by Gasteiger charge is -2.09. The first-order chi connectivity index (χ1) is 12.5. The Bertz CT molecular complexity index is 1000. The molecule has 0 aliphatic heterocycles. The Morgan fingerprint density at radius 1 is 1.12 bits per heavy atom. The molecule has 7 nitrogen and oxygen atoms in total. The number of amides is 2. The van der Waals surface area contributed by atoms with Gasteiger partial charge in [-0.25, -0.2) is 17.6 Å². The summed E-state index contributed by atoms with van der Waals surface area (Å²) < 4.78 is 38.7. The summed E-state index contributed by atoms with van der Waals surface area (Å²) >= 11 is 0. The van der Waals surface area contributed by atoms with Crippen LogP contribution in [0.2, 0.25) is 0 Å². The van der Waals surface area contributed by atoms with Crippen molar-refractivity contribution < 1.29 is 17.6 Å². The van der Waals surface area contributed by atoms with Gasteiger partial charge in [-0.3, -0.25) is 5.10 Å². The van der Waals surface area contributed by atoms with Crippen LogP contribution in [0.15, 0.2) is 70.7 Å². The van der Waals surface area contributed by atoms with Crippen LogP contribution in [0.3, 0.4) is 0 Å². The number of carbonyl (C=O) groups excluding carboxylic acids is 1. The van der Waals surface area contributed by atoms with E-state index >= 15 is 0 Å². The highest BCUT2D eigenvalue weighted by molar-refractivity contribution is 7.91. The summed E-state index contributed by atoms with van der Waals surface area (Å²) in [5.41, 5.74) is 1.22. The summed E-state index contributed by atoms with van der Waals surface area (Å²) in [6.45, 7) is 0.294. The largest absolute Gasteiger partial charge is 0.334 e. The molecule has 134 valence electrons. The number of nitrogens with one attached hydrogen (secondary N) is 3. The smallest absolute Gasteiger partial charge is 0.319 e. The van der Waals surface area contributed by atoms with Gasteiger partial charge in [-0.2, -0.15) is 5.10 Å². The van der Waals surface area contributed by atoms with Crippen LogP contribution in [0.25, 0.3) is 0 Å². The number of H-pyrrole nitrogens is 1. The number of benzene rings is 2. The number of aromatic nitrogens is 2. The Morgan fingerprint density at radius 2 is 1.85 bits per heavy atom. The van der Waals surface area contributed by atoms with E-state index in [1.165, 1.54) is 42.5 Å². The van der Waals surface area contributed by atoms with E-state index in [9.17, 15) is 17.6 Å². The molecule has 3 rings (SSSR count). The minimum Gasteiger partial charge on any atom is -0.334 e. The molecule has 2 aromatic carbocycles. The quantitative estimate of drug-likeness (QED) is 0.639. The number of sulfone groups is 1. The molecule has 3 aromatic rings. The van der Waals surface area contributed by atoms with E-state index in [-0.39, 0.29) is 4.90 Å². The highest BCUT2D eigenvalue weighted by Gasteiger charge is 2.21. The summed E-state index contributed by atoms with van der Waals surface area (Å²) in [5.74, 6) is -0.812. The fourth-order valence-corrected chi connectivity index (χ4v) is 3.57. The third kappa shape index (κ3) is 3.89. The molecule has 0 atom stereocenters. The predicted molar refractivity (Wildman–Crippen MR) is 92.7 cm³/mol. The zero-order valence-electron chi connectivity index (χ0n) is 13.4. The van der Waals surface area contributed by atoms with Crippen molar-refractivity contribution in [3.8, 4) is 0 Å². The number of urea groups is 1. The van der Waals surface area contributed by atoms with E-state index in [1.54, 1.807) is 12.4 Å². The van der Waals surface area contributed by atoms with Crippen molar-refractivity contribution in [1.29, 1.82) is 0 Å². The number of nitrogens with zero attached hydrogens (tertiary/aromatic N) is 1. The second kappa shape index (κ2) is 7.36. The van der Waals surface area contributed by atoms with E-state index in [1.807, 2.05) is 0 Å². The zero-order valence-corrected chi connectivity index (χ0v) is 14.3. The van der Waals surface area contributed by atoms with Crippen LogP contribution in [0, 0.1) is 5.82 Å². The molecule has 0 bridgehead atoms. The monoisotopic (exact) mass is 374 g/mol. The standard InChI is InChI=1S/C17H15FN4O3S/c18-15-3-1-2-4-16(15)26(24,25)14-7-5-13(6-8-14)22-17(23)19-9-12-10-20-21-11-12/h1-8,10-11H,9H2,(H,20,21)(H2,19,22,23). The number of carbonyl (C=O) groups is 1. The maximum Gasteiger partial charge on any atom is 0.319 e. The van der Waals surface area contributed by atoms with E-state index < -0.39 is 26.6 Å². The van der Waals surface area contributed by atoms with Gasteiger partial charge in [0.25, 0.3) is 0 Å². The van der Waals surface area contributed by atoms with E-state index in [0.717, 1.165) is 11.6 Å². The molecular weight excluding hydrogens is 359 g/mol. The molecule has 0 saturated heterocycles. The number of hydrogen-bond acceptors (Lipinski definition) is 4. The van der Waals surface area contributed by atoms with Crippen LogP contribution < -0.4 is 10.6 Å². The maximum absolute atomic E-state index is 13.8. The Hall–Kier alpha value is -3.20. The molecule has 1 aromatic heterocycles. The molecule has 0 fully saturated rings. The fourth-order valence-electron chi connectivity index (χ4n) is 2.24. The van der Waals surface area contributed by atoms with Crippen LogP contribution in [-0.4, -0.2) is 24.6 Å². The van der Waals surface area contributed by atoms with Gasteiger partial charge >= 0.3 is 6.03 Å². The Morgan fingerprint density at radius 3 is 2.50 bits per heavy atom. The summed E-state index contributed by atoms with van der Waals surface area (Å²) in [6, 6.07) is 10.2. The summed E-state index contributed by atoms with van der Waals surface area (Å²) in [7, 11) is -3.97. The normalized spacial score (nSPS) is 11.1. The first-order valence-corrected chi connectivity index (χ1v) is 9.07. The maximum atomic E-state index is 13.8. The van der Waals surface area contributed by atoms with Gasteiger partial charge in [0.05, 0.1) is 11.1 Å². The number of halogens is 1. The van der Waals surface area contributed by atoms with Gasteiger partial charge in [-0.1, -0.05) is 12.1 Å². The topological polar surface area (TPSA) is 104 Å². The average molecular weight is 374 g/mol. The lowest BCUT2D eigenvalue weighted by molar-refractivity contribution is 0.251. The highest BCUT2D eigenvalue weighted by atomic mass is 32.2. The highest BCUT2D eigenvalue weighted by Crippen LogP contribution is 2.24. The van der Waals surface area contributed by atoms with Crippen molar-refractivity contribution in [1.82, 2.24) is 15.5 Å². The van der Waals surface area contributed by atoms with Crippen LogP contribution >= 0.6 is 0 Å². The van der Waals surface area contributed by atoms with Crippen LogP contribution in [0.1, 0.15) is 5.56 Å². The Balaban J connectivity index is 1.68. The molecule has 0 saturated carbocycles. The van der Waals surface area contributed by atoms with Crippen LogP contribution in [0.5, 0.6) is 0 Å². The van der Waals surface area contributed by atoms with Crippen molar-refractivity contribution in [2.45, 2.75) is 16.3 Å². The fraction of sp³-hybridized carbons (Fsp3) is 0.0588. The van der Waals surface area contributed by atoms with Crippen molar-refractivity contribution >= 4 is 21.6 Å². The van der Waals surface area contributed by atoms with E-state index in [4.69, 9.17) is 0 Å². The van der Waals surface area contributed by atoms with Crippen LogP contribution in [0.4, 0.5) is 14.9 Å². The van der Waals surface area contributed by atoms with E-state index in [2.05, 4.69) is 20.8 Å². The van der Waals surface area contributed by atoms with Gasteiger partial charge in [0.1, 0.15) is 10.7 Å². The molecule has 0 unspecified atom stereocenters. The minimum absolute atomic E-state index is 0.0630. The van der Waals surface area contributed by atoms with Crippen molar-refractivity contribution in [3.05, 3.63) is 72.3 Å². The van der Waals surface area contributed by atoms with Gasteiger partial charge in [-0.05, 0) is 36.4 Å². The lowest BCUT2D eigenvalue weighted by atomic mass is 10.3. The first kappa shape index (κ1) is 17.6. The second-order valence-corrected chi connectivity index (χ2v) is 7.29. The summed E-state index contributed by atoms with van der Waals surface area (Å²) in [4.78, 5) is 11.4. The van der Waals surface area contributed by atoms with Gasteiger partial charge in [0, 0.05) is 24.0 Å². The van der Waals surface area contributed by atoms with Gasteiger partial charge in [0.2, 0.25) is 9.84 Å². The number of aromatic amines is 1. The summed E-state index contributed by atoms with van der Waals surface area (Å²) in [5, 5.41) is 11.6. The first-order valence-electron chi connectivity index (χ1n) is 7.59. The molecule has 0 aliphatic rings. The molecule has 0 spiro atoms. The minimum atomic E-state index is -3.97. The predicted octanol–water partition coefficient (Wildman–Crippen LogP) is 2.70. The Labute approximate surface area is 149 Å². The molecule has 9 heteroatoms. The second-order valence-electron chi connectivity index (χ2n) is 5.37. The number of rotatable bonds is 5. The van der Waals surface area contributed by atoms with Gasteiger partial charge in [-0.15, -0.1) is 0 Å². The SMILES string of the molecule is O=C(NCc1cn[nH]c1)Nc1ccc(S(=O)(=O)c2ccccc2F)cc1. The third-order valence-corrected chi connectivity index (χ3v) is 5.36. The third-order valence-electron chi connectivity index (χ3n) is 3.56. The van der Waals surface area contributed by atoms with Gasteiger partial charge in [0.15, 0.2) is 0 Å². The molecule has 3 N–H and O–H groups in total.